The van der Waals surface area contributed by atoms with Gasteiger partial charge in [0.05, 0.1) is 17.5 Å². The van der Waals surface area contributed by atoms with Gasteiger partial charge in [-0.2, -0.15) is 0 Å². The van der Waals surface area contributed by atoms with Gasteiger partial charge in [-0.1, -0.05) is 13.0 Å². The highest BCUT2D eigenvalue weighted by atomic mass is 79.9. The van der Waals surface area contributed by atoms with Crippen molar-refractivity contribution in [3.63, 3.8) is 0 Å². The molecular formula is C14H18BrNO4. The van der Waals surface area contributed by atoms with Gasteiger partial charge in [0.1, 0.15) is 5.75 Å². The third-order valence-corrected chi connectivity index (χ3v) is 3.50. The number of aryl methyl sites for hydroxylation is 1. The molecule has 0 saturated heterocycles. The van der Waals surface area contributed by atoms with Crippen LogP contribution in [0.4, 0.5) is 0 Å². The zero-order valence-corrected chi connectivity index (χ0v) is 13.1. The van der Waals surface area contributed by atoms with Gasteiger partial charge in [-0.25, -0.2) is 0 Å². The molecule has 0 saturated carbocycles. The average molecular weight is 344 g/mol. The van der Waals surface area contributed by atoms with E-state index in [4.69, 9.17) is 9.84 Å². The maximum Gasteiger partial charge on any atom is 0.308 e. The Bertz CT molecular complexity index is 490. The Balaban J connectivity index is 2.41. The van der Waals surface area contributed by atoms with Crippen molar-refractivity contribution in [2.24, 2.45) is 5.92 Å². The van der Waals surface area contributed by atoms with E-state index in [1.54, 1.807) is 14.0 Å². The van der Waals surface area contributed by atoms with Gasteiger partial charge in [0.25, 0.3) is 0 Å². The number of carbonyl (C=O) groups excluding carboxylic acids is 1. The average Bonchev–Trinajstić information content (AvgIpc) is 2.42. The van der Waals surface area contributed by atoms with Gasteiger partial charge < -0.3 is 15.2 Å². The first-order valence-corrected chi connectivity index (χ1v) is 7.05. The molecule has 1 atom stereocenters. The second-order valence-corrected chi connectivity index (χ2v) is 5.37. The highest BCUT2D eigenvalue weighted by molar-refractivity contribution is 9.10. The smallest absolute Gasteiger partial charge is 0.308 e. The molecule has 0 radical (unpaired) electrons. The van der Waals surface area contributed by atoms with Gasteiger partial charge in [-0.05, 0) is 40.0 Å². The summed E-state index contributed by atoms with van der Waals surface area (Å²) in [6.45, 7) is 1.71. The van der Waals surface area contributed by atoms with Crippen molar-refractivity contribution >= 4 is 27.8 Å². The number of carboxylic acids is 1. The Labute approximate surface area is 126 Å². The zero-order valence-electron chi connectivity index (χ0n) is 11.5. The lowest BCUT2D eigenvalue weighted by Crippen LogP contribution is -2.31. The molecule has 1 aromatic rings. The molecule has 1 unspecified atom stereocenters. The van der Waals surface area contributed by atoms with E-state index in [9.17, 15) is 9.59 Å². The number of halogens is 1. The fraction of sp³-hybridized carbons (Fsp3) is 0.429. The van der Waals surface area contributed by atoms with Crippen molar-refractivity contribution in [1.82, 2.24) is 5.32 Å². The molecule has 0 heterocycles. The monoisotopic (exact) mass is 343 g/mol. The van der Waals surface area contributed by atoms with Crippen LogP contribution in [0, 0.1) is 5.92 Å². The zero-order chi connectivity index (χ0) is 15.1. The molecule has 0 bridgehead atoms. The fourth-order valence-corrected chi connectivity index (χ4v) is 2.15. The molecule has 0 fully saturated rings. The largest absolute Gasteiger partial charge is 0.496 e. The van der Waals surface area contributed by atoms with Crippen LogP contribution >= 0.6 is 15.9 Å². The van der Waals surface area contributed by atoms with Crippen LogP contribution in [-0.2, 0) is 16.0 Å². The van der Waals surface area contributed by atoms with Crippen LogP contribution in [0.2, 0.25) is 0 Å². The lowest BCUT2D eigenvalue weighted by Gasteiger charge is -2.09. The van der Waals surface area contributed by atoms with Gasteiger partial charge in [-0.3, -0.25) is 9.59 Å². The standard InChI is InChI=1S/C14H18BrNO4/c1-9(14(18)19)8-16-13(17)6-4-10-3-5-12(20-2)11(15)7-10/h3,5,7,9H,4,6,8H2,1-2H3,(H,16,17)(H,18,19). The molecule has 0 spiro atoms. The SMILES string of the molecule is COc1ccc(CCC(=O)NCC(C)C(=O)O)cc1Br. The molecule has 1 rings (SSSR count). The molecule has 5 nitrogen and oxygen atoms in total. The van der Waals surface area contributed by atoms with E-state index in [2.05, 4.69) is 21.2 Å². The number of methoxy groups -OCH3 is 1. The van der Waals surface area contributed by atoms with Crippen molar-refractivity contribution in [3.8, 4) is 5.75 Å². The molecular weight excluding hydrogens is 326 g/mol. The number of carboxylic acid groups (broad SMARTS) is 1. The normalized spacial score (nSPS) is 11.8. The lowest BCUT2D eigenvalue weighted by atomic mass is 10.1. The van der Waals surface area contributed by atoms with E-state index >= 15 is 0 Å². The van der Waals surface area contributed by atoms with Gasteiger partial charge in [0, 0.05) is 13.0 Å². The molecule has 0 aliphatic rings. The Morgan fingerprint density at radius 2 is 2.15 bits per heavy atom. The Hall–Kier alpha value is -1.56. The number of nitrogens with one attached hydrogen (secondary N) is 1. The summed E-state index contributed by atoms with van der Waals surface area (Å²) >= 11 is 3.39. The number of carbonyl (C=O) groups is 2. The number of benzene rings is 1. The first-order valence-electron chi connectivity index (χ1n) is 6.26. The van der Waals surface area contributed by atoms with Crippen LogP contribution in [0.5, 0.6) is 5.75 Å². The first-order chi connectivity index (χ1) is 9.43. The number of rotatable bonds is 7. The van der Waals surface area contributed by atoms with Gasteiger partial charge in [0.15, 0.2) is 0 Å². The Morgan fingerprint density at radius 1 is 1.45 bits per heavy atom. The Kier molecular flexibility index (Phi) is 6.51. The molecule has 0 aromatic heterocycles. The van der Waals surface area contributed by atoms with Gasteiger partial charge in [0.2, 0.25) is 5.91 Å². The molecule has 110 valence electrons. The van der Waals surface area contributed by atoms with Gasteiger partial charge in [-0.15, -0.1) is 0 Å². The Morgan fingerprint density at radius 3 is 2.70 bits per heavy atom. The number of ether oxygens (including phenoxy) is 1. The molecule has 20 heavy (non-hydrogen) atoms. The van der Waals surface area contributed by atoms with Crippen LogP contribution in [0.3, 0.4) is 0 Å². The highest BCUT2D eigenvalue weighted by Crippen LogP contribution is 2.25. The molecule has 2 N–H and O–H groups in total. The first kappa shape index (κ1) is 16.5. The summed E-state index contributed by atoms with van der Waals surface area (Å²) in [5.41, 5.74) is 1.01. The van der Waals surface area contributed by atoms with Crippen LogP contribution in [0.25, 0.3) is 0 Å². The second-order valence-electron chi connectivity index (χ2n) is 4.51. The van der Waals surface area contributed by atoms with Crippen LogP contribution < -0.4 is 10.1 Å². The van der Waals surface area contributed by atoms with E-state index < -0.39 is 11.9 Å². The minimum absolute atomic E-state index is 0.148. The minimum atomic E-state index is -0.913. The van der Waals surface area contributed by atoms with E-state index in [1.807, 2.05) is 18.2 Å². The van der Waals surface area contributed by atoms with E-state index in [-0.39, 0.29) is 12.5 Å². The summed E-state index contributed by atoms with van der Waals surface area (Å²) in [4.78, 5) is 22.2. The quantitative estimate of drug-likeness (QED) is 0.795. The second kappa shape index (κ2) is 7.89. The maximum absolute atomic E-state index is 11.6. The van der Waals surface area contributed by atoms with E-state index in [0.29, 0.717) is 12.8 Å². The van der Waals surface area contributed by atoms with Crippen LogP contribution in [0.1, 0.15) is 18.9 Å². The number of hydrogen-bond donors (Lipinski definition) is 2. The number of hydrogen-bond acceptors (Lipinski definition) is 3. The predicted molar refractivity (Wildman–Crippen MR) is 78.8 cm³/mol. The van der Waals surface area contributed by atoms with E-state index in [0.717, 1.165) is 15.8 Å². The fourth-order valence-electron chi connectivity index (χ4n) is 1.57. The molecule has 6 heteroatoms. The molecule has 0 aliphatic heterocycles. The molecule has 1 aromatic carbocycles. The highest BCUT2D eigenvalue weighted by Gasteiger charge is 2.12. The van der Waals surface area contributed by atoms with Crippen molar-refractivity contribution in [2.45, 2.75) is 19.8 Å². The summed E-state index contributed by atoms with van der Waals surface area (Å²) in [5.74, 6) is -0.892. The van der Waals surface area contributed by atoms with Crippen molar-refractivity contribution in [2.75, 3.05) is 13.7 Å². The predicted octanol–water partition coefficient (Wildman–Crippen LogP) is 2.23. The van der Waals surface area contributed by atoms with Crippen molar-refractivity contribution in [1.29, 1.82) is 0 Å². The number of aliphatic carboxylic acids is 1. The summed E-state index contributed by atoms with van der Waals surface area (Å²) in [5, 5.41) is 11.3. The third kappa shape index (κ3) is 5.21. The molecule has 1 amide bonds. The topological polar surface area (TPSA) is 75.6 Å². The van der Waals surface area contributed by atoms with E-state index in [1.165, 1.54) is 0 Å². The summed E-state index contributed by atoms with van der Waals surface area (Å²) in [6.07, 6.45) is 0.918. The number of amides is 1. The molecule has 0 aliphatic carbocycles. The third-order valence-electron chi connectivity index (χ3n) is 2.88. The lowest BCUT2D eigenvalue weighted by molar-refractivity contribution is -0.141. The minimum Gasteiger partial charge on any atom is -0.496 e. The summed E-state index contributed by atoms with van der Waals surface area (Å²) < 4.78 is 5.98. The summed E-state index contributed by atoms with van der Waals surface area (Å²) in [7, 11) is 1.59. The van der Waals surface area contributed by atoms with Gasteiger partial charge >= 0.3 is 5.97 Å². The summed E-state index contributed by atoms with van der Waals surface area (Å²) in [6, 6.07) is 5.65. The van der Waals surface area contributed by atoms with Crippen LogP contribution in [0.15, 0.2) is 22.7 Å². The van der Waals surface area contributed by atoms with Crippen molar-refractivity contribution < 1.29 is 19.4 Å². The van der Waals surface area contributed by atoms with Crippen molar-refractivity contribution in [3.05, 3.63) is 28.2 Å². The van der Waals surface area contributed by atoms with Crippen LogP contribution in [-0.4, -0.2) is 30.6 Å². The maximum atomic E-state index is 11.6.